The third kappa shape index (κ3) is 19.2. The summed E-state index contributed by atoms with van der Waals surface area (Å²) < 4.78 is 35.6. The van der Waals surface area contributed by atoms with Gasteiger partial charge in [-0.05, 0) is 0 Å². The Labute approximate surface area is 143 Å². The quantitative estimate of drug-likeness (QED) is 0.237. The van der Waals surface area contributed by atoms with Crippen molar-refractivity contribution in [3.63, 3.8) is 0 Å². The Morgan fingerprint density at radius 1 is 0.625 bits per heavy atom. The predicted octanol–water partition coefficient (Wildman–Crippen LogP) is -0.749. The summed E-state index contributed by atoms with van der Waals surface area (Å²) in [5.41, 5.74) is 0. The van der Waals surface area contributed by atoms with E-state index in [1.807, 2.05) is 0 Å². The molecule has 0 radical (unpaired) electrons. The van der Waals surface area contributed by atoms with Gasteiger partial charge in [-0.3, -0.25) is 0 Å². The summed E-state index contributed by atoms with van der Waals surface area (Å²) in [6, 6.07) is 0. The van der Waals surface area contributed by atoms with Crippen LogP contribution in [0.2, 0.25) is 0 Å². The number of aliphatic hydroxyl groups is 1. The summed E-state index contributed by atoms with van der Waals surface area (Å²) in [5.74, 6) is -0.404. The molecule has 0 rings (SSSR count). The first kappa shape index (κ1) is 23.2. The zero-order valence-corrected chi connectivity index (χ0v) is 14.4. The number of hydrogen-bond donors (Lipinski definition) is 1. The molecule has 9 nitrogen and oxygen atoms in total. The van der Waals surface area contributed by atoms with Gasteiger partial charge < -0.3 is 38.3 Å². The van der Waals surface area contributed by atoms with E-state index in [9.17, 15) is 4.79 Å². The first-order chi connectivity index (χ1) is 11.8. The van der Waals surface area contributed by atoms with Gasteiger partial charge in [0.2, 0.25) is 0 Å². The van der Waals surface area contributed by atoms with Crippen molar-refractivity contribution in [3.8, 4) is 0 Å². The van der Waals surface area contributed by atoms with Gasteiger partial charge in [0, 0.05) is 0 Å². The molecule has 0 unspecified atom stereocenters. The van der Waals surface area contributed by atoms with Crippen molar-refractivity contribution in [2.75, 3.05) is 93.0 Å². The first-order valence-electron chi connectivity index (χ1n) is 7.95. The lowest BCUT2D eigenvalue weighted by atomic mass is 10.6. The predicted molar refractivity (Wildman–Crippen MR) is 84.0 cm³/mol. The van der Waals surface area contributed by atoms with Crippen LogP contribution < -0.4 is 0 Å². The molecule has 0 amide bonds. The molecular formula is C15H30O9. The van der Waals surface area contributed by atoms with Crippen LogP contribution in [-0.4, -0.2) is 104 Å². The molecule has 0 saturated carbocycles. The summed E-state index contributed by atoms with van der Waals surface area (Å²) in [6.45, 7) is 4.89. The maximum absolute atomic E-state index is 10.7. The van der Waals surface area contributed by atoms with E-state index in [4.69, 9.17) is 33.5 Å². The van der Waals surface area contributed by atoms with Crippen LogP contribution in [-0.2, 0) is 38.0 Å². The highest BCUT2D eigenvalue weighted by Crippen LogP contribution is 1.85. The SMILES string of the molecule is COC(=O)COCCOCCOCCOCCOCCOCCO. The molecule has 0 aliphatic carbocycles. The molecule has 144 valence electrons. The number of ether oxygens (including phenoxy) is 7. The second kappa shape index (κ2) is 20.2. The van der Waals surface area contributed by atoms with Crippen LogP contribution in [0.15, 0.2) is 0 Å². The maximum atomic E-state index is 10.7. The maximum Gasteiger partial charge on any atom is 0.331 e. The van der Waals surface area contributed by atoms with Crippen LogP contribution in [0.3, 0.4) is 0 Å². The van der Waals surface area contributed by atoms with Gasteiger partial charge in [-0.1, -0.05) is 0 Å². The van der Waals surface area contributed by atoms with E-state index in [2.05, 4.69) is 4.74 Å². The highest BCUT2D eigenvalue weighted by molar-refractivity contribution is 5.70. The fourth-order valence-electron chi connectivity index (χ4n) is 1.38. The largest absolute Gasteiger partial charge is 0.467 e. The van der Waals surface area contributed by atoms with Crippen molar-refractivity contribution in [3.05, 3.63) is 0 Å². The average molecular weight is 354 g/mol. The van der Waals surface area contributed by atoms with Crippen LogP contribution in [0, 0.1) is 0 Å². The molecule has 0 aliphatic rings. The lowest BCUT2D eigenvalue weighted by Crippen LogP contribution is -2.15. The Morgan fingerprint density at radius 3 is 1.29 bits per heavy atom. The normalized spacial score (nSPS) is 10.9. The topological polar surface area (TPSA) is 102 Å². The molecule has 0 atom stereocenters. The Bertz CT molecular complexity index is 263. The van der Waals surface area contributed by atoms with E-state index in [1.54, 1.807) is 0 Å². The van der Waals surface area contributed by atoms with Gasteiger partial charge >= 0.3 is 5.97 Å². The first-order valence-corrected chi connectivity index (χ1v) is 7.95. The summed E-state index contributed by atoms with van der Waals surface area (Å²) >= 11 is 0. The number of hydrogen-bond acceptors (Lipinski definition) is 9. The van der Waals surface area contributed by atoms with E-state index in [-0.39, 0.29) is 13.2 Å². The molecule has 0 heterocycles. The molecule has 0 aromatic carbocycles. The number of esters is 1. The van der Waals surface area contributed by atoms with Crippen molar-refractivity contribution in [2.45, 2.75) is 0 Å². The number of carbonyl (C=O) groups is 1. The van der Waals surface area contributed by atoms with Crippen molar-refractivity contribution >= 4 is 5.97 Å². The number of aliphatic hydroxyl groups excluding tert-OH is 1. The minimum absolute atomic E-state index is 0.0251. The van der Waals surface area contributed by atoms with Crippen LogP contribution in [0.25, 0.3) is 0 Å². The molecule has 0 saturated heterocycles. The van der Waals surface area contributed by atoms with Crippen LogP contribution in [0.4, 0.5) is 0 Å². The smallest absolute Gasteiger partial charge is 0.331 e. The van der Waals surface area contributed by atoms with Gasteiger partial charge in [-0.2, -0.15) is 0 Å². The average Bonchev–Trinajstić information content (AvgIpc) is 2.60. The molecule has 0 aromatic rings. The zero-order chi connectivity index (χ0) is 17.7. The van der Waals surface area contributed by atoms with Crippen molar-refractivity contribution in [1.82, 2.24) is 0 Å². The summed E-state index contributed by atoms with van der Waals surface area (Å²) in [5, 5.41) is 8.49. The minimum Gasteiger partial charge on any atom is -0.467 e. The Kier molecular flexibility index (Phi) is 19.6. The highest BCUT2D eigenvalue weighted by atomic mass is 16.6. The van der Waals surface area contributed by atoms with E-state index >= 15 is 0 Å². The number of methoxy groups -OCH3 is 1. The van der Waals surface area contributed by atoms with Crippen LogP contribution in [0.5, 0.6) is 0 Å². The Hall–Kier alpha value is -0.810. The third-order valence-corrected chi connectivity index (χ3v) is 2.54. The second-order valence-corrected chi connectivity index (χ2v) is 4.41. The number of carbonyl (C=O) groups excluding carboxylic acids is 1. The van der Waals surface area contributed by atoms with Gasteiger partial charge in [-0.15, -0.1) is 0 Å². The zero-order valence-electron chi connectivity index (χ0n) is 14.4. The third-order valence-electron chi connectivity index (χ3n) is 2.54. The minimum atomic E-state index is -0.404. The molecule has 0 fully saturated rings. The molecule has 9 heteroatoms. The second-order valence-electron chi connectivity index (χ2n) is 4.41. The molecular weight excluding hydrogens is 324 g/mol. The van der Waals surface area contributed by atoms with Crippen LogP contribution >= 0.6 is 0 Å². The molecule has 0 spiro atoms. The molecule has 0 aromatic heterocycles. The van der Waals surface area contributed by atoms with E-state index in [1.165, 1.54) is 7.11 Å². The van der Waals surface area contributed by atoms with Gasteiger partial charge in [0.05, 0.1) is 86.4 Å². The number of rotatable bonds is 19. The summed E-state index contributed by atoms with van der Waals surface area (Å²) in [4.78, 5) is 10.7. The highest BCUT2D eigenvalue weighted by Gasteiger charge is 1.98. The molecule has 1 N–H and O–H groups in total. The lowest BCUT2D eigenvalue weighted by molar-refractivity contribution is -0.146. The fourth-order valence-corrected chi connectivity index (χ4v) is 1.38. The van der Waals surface area contributed by atoms with E-state index in [0.29, 0.717) is 72.7 Å². The molecule has 24 heavy (non-hydrogen) atoms. The summed E-state index contributed by atoms with van der Waals surface area (Å²) in [7, 11) is 1.31. The molecule has 0 bridgehead atoms. The van der Waals surface area contributed by atoms with Crippen molar-refractivity contribution in [1.29, 1.82) is 0 Å². The molecule has 0 aliphatic heterocycles. The lowest BCUT2D eigenvalue weighted by Gasteiger charge is -2.08. The van der Waals surface area contributed by atoms with Gasteiger partial charge in [0.25, 0.3) is 0 Å². The monoisotopic (exact) mass is 354 g/mol. The van der Waals surface area contributed by atoms with Gasteiger partial charge in [0.15, 0.2) is 0 Å². The fraction of sp³-hybridized carbons (Fsp3) is 0.933. The van der Waals surface area contributed by atoms with Gasteiger partial charge in [-0.25, -0.2) is 4.79 Å². The van der Waals surface area contributed by atoms with Gasteiger partial charge in [0.1, 0.15) is 6.61 Å². The standard InChI is InChI=1S/C15H30O9/c1-18-15(17)14-24-13-12-23-11-10-22-9-8-21-7-6-20-5-4-19-3-2-16/h16H,2-14H2,1H3. The Morgan fingerprint density at radius 2 is 0.958 bits per heavy atom. The van der Waals surface area contributed by atoms with Crippen molar-refractivity contribution < 1.29 is 43.1 Å². The van der Waals surface area contributed by atoms with E-state index in [0.717, 1.165) is 0 Å². The summed E-state index contributed by atoms with van der Waals surface area (Å²) in [6.07, 6.45) is 0. The van der Waals surface area contributed by atoms with E-state index < -0.39 is 5.97 Å². The Balaban J connectivity index is 2.99. The van der Waals surface area contributed by atoms with Crippen molar-refractivity contribution in [2.24, 2.45) is 0 Å². The van der Waals surface area contributed by atoms with Crippen LogP contribution in [0.1, 0.15) is 0 Å².